The number of ether oxygens (including phenoxy) is 2. The Morgan fingerprint density at radius 2 is 1.79 bits per heavy atom. The van der Waals surface area contributed by atoms with Gasteiger partial charge in [-0.2, -0.15) is 0 Å². The Labute approximate surface area is 191 Å². The first-order valence-electron chi connectivity index (χ1n) is 9.53. The second-order valence-electron chi connectivity index (χ2n) is 6.57. The summed E-state index contributed by atoms with van der Waals surface area (Å²) in [6.07, 6.45) is 0. The van der Waals surface area contributed by atoms with E-state index in [1.54, 1.807) is 7.11 Å². The molecule has 0 aliphatic heterocycles. The van der Waals surface area contributed by atoms with Gasteiger partial charge in [-0.15, -0.1) is 24.0 Å². The van der Waals surface area contributed by atoms with E-state index in [-0.39, 0.29) is 37.2 Å². The van der Waals surface area contributed by atoms with Gasteiger partial charge in [0.2, 0.25) is 0 Å². The lowest BCUT2D eigenvalue weighted by molar-refractivity contribution is 0.196. The van der Waals surface area contributed by atoms with Crippen LogP contribution in [0.5, 0.6) is 11.5 Å². The molecule has 0 unspecified atom stereocenters. The Kier molecular flexibility index (Phi) is 11.5. The first kappa shape index (κ1) is 25.0. The number of methoxy groups -OCH3 is 1. The van der Waals surface area contributed by atoms with Gasteiger partial charge in [0.05, 0.1) is 20.3 Å². The van der Waals surface area contributed by atoms with E-state index in [4.69, 9.17) is 19.6 Å². The molecule has 0 atom stereocenters. The van der Waals surface area contributed by atoms with Gasteiger partial charge in [0, 0.05) is 20.1 Å². The molecule has 2 N–H and O–H groups in total. The lowest BCUT2D eigenvalue weighted by Gasteiger charge is -2.22. The number of nitrogens with one attached hydrogen (secondary N) is 1. The van der Waals surface area contributed by atoms with Gasteiger partial charge < -0.3 is 24.8 Å². The minimum absolute atomic E-state index is 0. The third-order valence-corrected chi connectivity index (χ3v) is 4.23. The molecule has 0 heterocycles. The maximum Gasteiger partial charge on any atom is 0.194 e. The minimum Gasteiger partial charge on any atom is -0.493 e. The highest BCUT2D eigenvalue weighted by Crippen LogP contribution is 2.28. The van der Waals surface area contributed by atoms with Gasteiger partial charge >= 0.3 is 0 Å². The van der Waals surface area contributed by atoms with Crippen molar-refractivity contribution >= 4 is 29.9 Å². The van der Waals surface area contributed by atoms with Crippen LogP contribution in [0.2, 0.25) is 0 Å². The average Bonchev–Trinajstić information content (AvgIpc) is 2.71. The zero-order chi connectivity index (χ0) is 20.4. The zero-order valence-electron chi connectivity index (χ0n) is 17.6. The second-order valence-corrected chi connectivity index (χ2v) is 6.57. The van der Waals surface area contributed by atoms with E-state index in [2.05, 4.69) is 48.3 Å². The molecule has 0 radical (unpaired) electrons. The summed E-state index contributed by atoms with van der Waals surface area (Å²) in [6, 6.07) is 14.3. The number of guanidine groups is 1. The number of aliphatic imine (C=N–C) groups is 1. The van der Waals surface area contributed by atoms with Crippen LogP contribution in [-0.4, -0.2) is 49.9 Å². The molecule has 0 saturated heterocycles. The van der Waals surface area contributed by atoms with Crippen LogP contribution in [0.1, 0.15) is 23.6 Å². The van der Waals surface area contributed by atoms with Crippen molar-refractivity contribution in [2.75, 3.05) is 33.9 Å². The largest absolute Gasteiger partial charge is 0.493 e. The number of halogens is 1. The van der Waals surface area contributed by atoms with Gasteiger partial charge in [-0.3, -0.25) is 0 Å². The molecule has 0 aromatic heterocycles. The van der Waals surface area contributed by atoms with E-state index in [0.29, 0.717) is 18.0 Å². The smallest absolute Gasteiger partial charge is 0.194 e. The molecule has 0 amide bonds. The number of aliphatic hydroxyl groups excluding tert-OH is 1. The van der Waals surface area contributed by atoms with Crippen LogP contribution in [-0.2, 0) is 13.1 Å². The van der Waals surface area contributed by atoms with Crippen molar-refractivity contribution in [3.8, 4) is 11.5 Å². The molecule has 6 nitrogen and oxygen atoms in total. The fraction of sp³-hybridized carbons (Fsp3) is 0.409. The third kappa shape index (κ3) is 8.10. The van der Waals surface area contributed by atoms with E-state index in [1.165, 1.54) is 11.1 Å². The predicted octanol–water partition coefficient (Wildman–Crippen LogP) is 3.59. The number of benzene rings is 2. The summed E-state index contributed by atoms with van der Waals surface area (Å²) in [5.41, 5.74) is 3.52. The van der Waals surface area contributed by atoms with E-state index in [1.807, 2.05) is 25.2 Å². The summed E-state index contributed by atoms with van der Waals surface area (Å²) in [4.78, 5) is 6.87. The second kappa shape index (κ2) is 13.3. The summed E-state index contributed by atoms with van der Waals surface area (Å²) in [5.74, 6) is 2.11. The van der Waals surface area contributed by atoms with Crippen LogP contribution in [0.4, 0.5) is 0 Å². The van der Waals surface area contributed by atoms with Crippen LogP contribution in [0.3, 0.4) is 0 Å². The van der Waals surface area contributed by atoms with Crippen LogP contribution < -0.4 is 14.8 Å². The molecule has 0 fully saturated rings. The number of hydrogen-bond acceptors (Lipinski definition) is 4. The molecule has 160 valence electrons. The minimum atomic E-state index is -0.0332. The Morgan fingerprint density at radius 1 is 1.10 bits per heavy atom. The number of aliphatic hydroxyl groups is 1. The molecule has 0 aliphatic rings. The van der Waals surface area contributed by atoms with Gasteiger partial charge in [-0.05, 0) is 37.1 Å². The molecule has 2 aromatic carbocycles. The fourth-order valence-electron chi connectivity index (χ4n) is 2.76. The first-order valence-corrected chi connectivity index (χ1v) is 9.53. The number of nitrogens with zero attached hydrogens (tertiary/aromatic N) is 2. The summed E-state index contributed by atoms with van der Waals surface area (Å²) < 4.78 is 10.9. The normalized spacial score (nSPS) is 10.9. The lowest BCUT2D eigenvalue weighted by Crippen LogP contribution is -2.38. The van der Waals surface area contributed by atoms with Gasteiger partial charge in [-0.25, -0.2) is 4.99 Å². The van der Waals surface area contributed by atoms with Crippen LogP contribution in [0, 0.1) is 6.92 Å². The Bertz CT molecular complexity index is 766. The highest BCUT2D eigenvalue weighted by Gasteiger charge is 2.09. The summed E-state index contributed by atoms with van der Waals surface area (Å²) in [5, 5.41) is 12.3. The van der Waals surface area contributed by atoms with Gasteiger partial charge in [0.1, 0.15) is 6.61 Å². The lowest BCUT2D eigenvalue weighted by atomic mass is 10.1. The number of hydrogen-bond donors (Lipinski definition) is 2. The molecule has 29 heavy (non-hydrogen) atoms. The van der Waals surface area contributed by atoms with Gasteiger partial charge in [0.15, 0.2) is 17.5 Å². The molecule has 0 bridgehead atoms. The summed E-state index contributed by atoms with van der Waals surface area (Å²) in [6.45, 7) is 6.46. The van der Waals surface area contributed by atoms with Gasteiger partial charge in [-0.1, -0.05) is 35.9 Å². The highest BCUT2D eigenvalue weighted by molar-refractivity contribution is 14.0. The van der Waals surface area contributed by atoms with E-state index < -0.39 is 0 Å². The molecular formula is C22H32IN3O3. The van der Waals surface area contributed by atoms with Crippen molar-refractivity contribution in [1.29, 1.82) is 0 Å². The van der Waals surface area contributed by atoms with Crippen LogP contribution >= 0.6 is 24.0 Å². The quantitative estimate of drug-likeness (QED) is 0.305. The molecular weight excluding hydrogens is 481 g/mol. The van der Waals surface area contributed by atoms with Crippen molar-refractivity contribution in [3.05, 3.63) is 59.2 Å². The Morgan fingerprint density at radius 3 is 2.41 bits per heavy atom. The summed E-state index contributed by atoms with van der Waals surface area (Å²) in [7, 11) is 3.64. The number of rotatable bonds is 9. The summed E-state index contributed by atoms with van der Waals surface area (Å²) >= 11 is 0. The SMILES string of the molecule is CCNC(=NCc1ccc(OCCO)c(OC)c1)N(C)Cc1ccc(C)cc1.I. The van der Waals surface area contributed by atoms with Crippen LogP contribution in [0.25, 0.3) is 0 Å². The third-order valence-electron chi connectivity index (χ3n) is 4.23. The fourth-order valence-corrected chi connectivity index (χ4v) is 2.76. The van der Waals surface area contributed by atoms with Crippen molar-refractivity contribution in [3.63, 3.8) is 0 Å². The molecule has 7 heteroatoms. The standard InChI is InChI=1S/C22H31N3O3.HI/c1-5-23-22(25(3)16-18-8-6-17(2)7-9-18)24-15-19-10-11-20(28-13-12-26)21(14-19)27-4;/h6-11,14,26H,5,12-13,15-16H2,1-4H3,(H,23,24);1H. The molecule has 0 aliphatic carbocycles. The maximum absolute atomic E-state index is 8.92. The zero-order valence-corrected chi connectivity index (χ0v) is 20.0. The van der Waals surface area contributed by atoms with Crippen molar-refractivity contribution in [1.82, 2.24) is 10.2 Å². The van der Waals surface area contributed by atoms with Gasteiger partial charge in [0.25, 0.3) is 0 Å². The van der Waals surface area contributed by atoms with E-state index in [9.17, 15) is 0 Å². The van der Waals surface area contributed by atoms with Crippen LogP contribution in [0.15, 0.2) is 47.5 Å². The van der Waals surface area contributed by atoms with Crippen molar-refractivity contribution < 1.29 is 14.6 Å². The highest BCUT2D eigenvalue weighted by atomic mass is 127. The molecule has 2 rings (SSSR count). The molecule has 0 saturated carbocycles. The predicted molar refractivity (Wildman–Crippen MR) is 128 cm³/mol. The monoisotopic (exact) mass is 513 g/mol. The first-order chi connectivity index (χ1) is 13.6. The topological polar surface area (TPSA) is 66.3 Å². The van der Waals surface area contributed by atoms with E-state index in [0.717, 1.165) is 24.6 Å². The number of aryl methyl sites for hydroxylation is 1. The average molecular weight is 513 g/mol. The van der Waals surface area contributed by atoms with E-state index >= 15 is 0 Å². The molecule has 2 aromatic rings. The maximum atomic E-state index is 8.92. The Balaban J connectivity index is 0.00000420. The molecule has 0 spiro atoms. The van der Waals surface area contributed by atoms with Crippen molar-refractivity contribution in [2.45, 2.75) is 26.9 Å². The Hall–Kier alpha value is -2.00. The van der Waals surface area contributed by atoms with Crippen molar-refractivity contribution in [2.24, 2.45) is 4.99 Å².